The molecule has 0 amide bonds. The van der Waals surface area contributed by atoms with Gasteiger partial charge in [0, 0.05) is 0 Å². The van der Waals surface area contributed by atoms with Crippen LogP contribution in [0.5, 0.6) is 5.75 Å². The maximum absolute atomic E-state index is 13.6. The van der Waals surface area contributed by atoms with Gasteiger partial charge in [-0.15, -0.1) is 0 Å². The second-order valence-electron chi connectivity index (χ2n) is 8.21. The van der Waals surface area contributed by atoms with Crippen LogP contribution in [0, 0.1) is 23.6 Å². The van der Waals surface area contributed by atoms with E-state index in [9.17, 15) is 9.50 Å². The SMILES string of the molecule is CCCCCC1CCC(C2CC=C(c3ccc(O)c(F)c3)CC2)CC1. The van der Waals surface area contributed by atoms with Crippen LogP contribution in [-0.2, 0) is 0 Å². The van der Waals surface area contributed by atoms with Gasteiger partial charge in [-0.1, -0.05) is 57.6 Å². The lowest BCUT2D eigenvalue weighted by Gasteiger charge is -2.35. The summed E-state index contributed by atoms with van der Waals surface area (Å²) in [6.07, 6.45) is 17.0. The van der Waals surface area contributed by atoms with Crippen molar-refractivity contribution in [3.05, 3.63) is 35.7 Å². The summed E-state index contributed by atoms with van der Waals surface area (Å²) in [6, 6.07) is 4.78. The number of phenolic OH excluding ortho intramolecular Hbond substituents is 1. The van der Waals surface area contributed by atoms with E-state index in [4.69, 9.17) is 0 Å². The molecule has 3 rings (SSSR count). The van der Waals surface area contributed by atoms with Crippen LogP contribution in [-0.4, -0.2) is 5.11 Å². The molecule has 2 aliphatic rings. The van der Waals surface area contributed by atoms with Crippen LogP contribution in [0.3, 0.4) is 0 Å². The molecule has 0 radical (unpaired) electrons. The van der Waals surface area contributed by atoms with Crippen molar-refractivity contribution in [2.75, 3.05) is 0 Å². The Labute approximate surface area is 152 Å². The lowest BCUT2D eigenvalue weighted by atomic mass is 9.70. The van der Waals surface area contributed by atoms with Crippen LogP contribution in [0.4, 0.5) is 4.39 Å². The Morgan fingerprint density at radius 2 is 1.84 bits per heavy atom. The van der Waals surface area contributed by atoms with Crippen LogP contribution in [0.1, 0.15) is 83.1 Å². The van der Waals surface area contributed by atoms with Crippen molar-refractivity contribution in [1.29, 1.82) is 0 Å². The monoisotopic (exact) mass is 344 g/mol. The summed E-state index contributed by atoms with van der Waals surface area (Å²) in [5, 5.41) is 9.35. The number of aromatic hydroxyl groups is 1. The van der Waals surface area contributed by atoms with Crippen molar-refractivity contribution < 1.29 is 9.50 Å². The molecular formula is C23H33FO. The second kappa shape index (κ2) is 8.87. The molecule has 0 aliphatic heterocycles. The second-order valence-corrected chi connectivity index (χ2v) is 8.21. The van der Waals surface area contributed by atoms with Gasteiger partial charge in [0.15, 0.2) is 11.6 Å². The number of benzene rings is 1. The highest BCUT2D eigenvalue weighted by molar-refractivity contribution is 5.66. The van der Waals surface area contributed by atoms with Crippen LogP contribution < -0.4 is 0 Å². The Morgan fingerprint density at radius 1 is 1.04 bits per heavy atom. The number of unbranched alkanes of at least 4 members (excludes halogenated alkanes) is 2. The van der Waals surface area contributed by atoms with E-state index >= 15 is 0 Å². The molecule has 0 spiro atoms. The average molecular weight is 345 g/mol. The molecule has 2 heteroatoms. The van der Waals surface area contributed by atoms with E-state index in [1.54, 1.807) is 0 Å². The minimum absolute atomic E-state index is 0.256. The molecule has 1 N–H and O–H groups in total. The van der Waals surface area contributed by atoms with E-state index in [1.165, 1.54) is 75.5 Å². The van der Waals surface area contributed by atoms with E-state index in [1.807, 2.05) is 6.07 Å². The van der Waals surface area contributed by atoms with Crippen molar-refractivity contribution in [1.82, 2.24) is 0 Å². The highest BCUT2D eigenvalue weighted by atomic mass is 19.1. The van der Waals surface area contributed by atoms with Gasteiger partial charge in [0.25, 0.3) is 0 Å². The molecular weight excluding hydrogens is 311 g/mol. The Hall–Kier alpha value is -1.31. The zero-order valence-electron chi connectivity index (χ0n) is 15.6. The van der Waals surface area contributed by atoms with Gasteiger partial charge in [-0.05, 0) is 73.1 Å². The summed E-state index contributed by atoms with van der Waals surface area (Å²) >= 11 is 0. The first-order chi connectivity index (χ1) is 12.2. The quantitative estimate of drug-likeness (QED) is 0.546. The summed E-state index contributed by atoms with van der Waals surface area (Å²) in [4.78, 5) is 0. The normalized spacial score (nSPS) is 27.1. The number of phenols is 1. The van der Waals surface area contributed by atoms with Crippen LogP contribution in [0.25, 0.3) is 5.57 Å². The third kappa shape index (κ3) is 4.86. The minimum atomic E-state index is -0.512. The molecule has 1 unspecified atom stereocenters. The van der Waals surface area contributed by atoms with Gasteiger partial charge >= 0.3 is 0 Å². The van der Waals surface area contributed by atoms with Gasteiger partial charge in [0.2, 0.25) is 0 Å². The third-order valence-corrected chi connectivity index (χ3v) is 6.54. The Kier molecular flexibility index (Phi) is 6.56. The molecule has 1 atom stereocenters. The molecule has 138 valence electrons. The predicted molar refractivity (Wildman–Crippen MR) is 103 cm³/mol. The highest BCUT2D eigenvalue weighted by Crippen LogP contribution is 2.42. The first kappa shape index (κ1) is 18.5. The Morgan fingerprint density at radius 3 is 2.48 bits per heavy atom. The highest BCUT2D eigenvalue weighted by Gasteiger charge is 2.28. The molecule has 1 aromatic carbocycles. The molecule has 0 heterocycles. The van der Waals surface area contributed by atoms with Crippen molar-refractivity contribution in [2.45, 2.75) is 77.6 Å². The summed E-state index contributed by atoms with van der Waals surface area (Å²) in [5.41, 5.74) is 2.19. The van der Waals surface area contributed by atoms with Gasteiger partial charge in [-0.2, -0.15) is 0 Å². The summed E-state index contributed by atoms with van der Waals surface area (Å²) < 4.78 is 13.6. The number of rotatable bonds is 6. The van der Waals surface area contributed by atoms with E-state index in [0.717, 1.165) is 36.2 Å². The zero-order valence-corrected chi connectivity index (χ0v) is 15.6. The first-order valence-corrected chi connectivity index (χ1v) is 10.3. The fourth-order valence-corrected chi connectivity index (χ4v) is 4.88. The van der Waals surface area contributed by atoms with Gasteiger partial charge in [0.05, 0.1) is 0 Å². The van der Waals surface area contributed by atoms with Gasteiger partial charge in [-0.25, -0.2) is 4.39 Å². The molecule has 25 heavy (non-hydrogen) atoms. The van der Waals surface area contributed by atoms with Crippen molar-refractivity contribution in [3.63, 3.8) is 0 Å². The van der Waals surface area contributed by atoms with Crippen LogP contribution in [0.15, 0.2) is 24.3 Å². The fraction of sp³-hybridized carbons (Fsp3) is 0.652. The third-order valence-electron chi connectivity index (χ3n) is 6.54. The first-order valence-electron chi connectivity index (χ1n) is 10.3. The zero-order chi connectivity index (χ0) is 17.6. The number of halogens is 1. The van der Waals surface area contributed by atoms with Crippen molar-refractivity contribution >= 4 is 5.57 Å². The maximum Gasteiger partial charge on any atom is 0.165 e. The van der Waals surface area contributed by atoms with Crippen LogP contribution in [0.2, 0.25) is 0 Å². The molecule has 0 aromatic heterocycles. The Bertz CT molecular complexity index is 584. The lowest BCUT2D eigenvalue weighted by molar-refractivity contribution is 0.187. The molecule has 1 fully saturated rings. The lowest BCUT2D eigenvalue weighted by Crippen LogP contribution is -2.23. The molecule has 1 saturated carbocycles. The summed E-state index contributed by atoms with van der Waals surface area (Å²) in [5.74, 6) is 1.94. The van der Waals surface area contributed by atoms with Crippen molar-refractivity contribution in [2.24, 2.45) is 17.8 Å². The molecule has 2 aliphatic carbocycles. The largest absolute Gasteiger partial charge is 0.505 e. The smallest absolute Gasteiger partial charge is 0.165 e. The average Bonchev–Trinajstić information content (AvgIpc) is 2.65. The standard InChI is InChI=1S/C23H33FO/c1-2-3-4-5-17-6-8-18(9-7-17)19-10-12-20(13-11-19)21-14-15-23(25)22(24)16-21/h12,14-19,25H,2-11,13H2,1H3. The molecule has 1 nitrogen and oxygen atoms in total. The predicted octanol–water partition coefficient (Wildman–Crippen LogP) is 7.10. The fourth-order valence-electron chi connectivity index (χ4n) is 4.88. The minimum Gasteiger partial charge on any atom is -0.505 e. The summed E-state index contributed by atoms with van der Waals surface area (Å²) in [7, 11) is 0. The van der Waals surface area contributed by atoms with Crippen LogP contribution >= 0.6 is 0 Å². The molecule has 1 aromatic rings. The molecule has 0 saturated heterocycles. The van der Waals surface area contributed by atoms with E-state index < -0.39 is 5.82 Å². The van der Waals surface area contributed by atoms with E-state index in [-0.39, 0.29) is 5.75 Å². The maximum atomic E-state index is 13.6. The van der Waals surface area contributed by atoms with Gasteiger partial charge in [0.1, 0.15) is 0 Å². The summed E-state index contributed by atoms with van der Waals surface area (Å²) in [6.45, 7) is 2.29. The van der Waals surface area contributed by atoms with Gasteiger partial charge < -0.3 is 5.11 Å². The van der Waals surface area contributed by atoms with Crippen molar-refractivity contribution in [3.8, 4) is 5.75 Å². The number of hydrogen-bond donors (Lipinski definition) is 1. The van der Waals surface area contributed by atoms with Gasteiger partial charge in [-0.3, -0.25) is 0 Å². The number of hydrogen-bond acceptors (Lipinski definition) is 1. The van der Waals surface area contributed by atoms with E-state index in [2.05, 4.69) is 13.0 Å². The molecule has 0 bridgehead atoms. The number of allylic oxidation sites excluding steroid dienone is 2. The van der Waals surface area contributed by atoms with E-state index in [0.29, 0.717) is 0 Å². The topological polar surface area (TPSA) is 20.2 Å². The Balaban J connectivity index is 1.49.